The average molecular weight is 742 g/mol. The largest absolute Gasteiger partial charge is 0.490 e. The number of piperidine rings is 1. The van der Waals surface area contributed by atoms with Crippen LogP contribution >= 0.6 is 10.7 Å². The maximum atomic E-state index is 12.9. The molecular weight excluding hydrogens is 713 g/mol. The number of alkyl halides is 5. The number of hydrogen-bond acceptors (Lipinski definition) is 10. The number of carbonyl (C=O) groups excluding carboxylic acids is 4. The zero-order valence-corrected chi connectivity index (χ0v) is 26.8. The molecule has 0 radical (unpaired) electrons. The van der Waals surface area contributed by atoms with Gasteiger partial charge in [-0.3, -0.25) is 20.2 Å². The molecule has 3 fully saturated rings. The van der Waals surface area contributed by atoms with Gasteiger partial charge in [0.25, 0.3) is 11.8 Å². The molecule has 3 heterocycles. The number of rotatable bonds is 10. The molecule has 4 N–H and O–H groups in total. The fourth-order valence-corrected chi connectivity index (χ4v) is 7.88. The van der Waals surface area contributed by atoms with Crippen LogP contribution in [-0.2, 0) is 28.7 Å². The van der Waals surface area contributed by atoms with Crippen LogP contribution in [0.1, 0.15) is 26.7 Å². The van der Waals surface area contributed by atoms with Gasteiger partial charge in [-0.2, -0.15) is 22.0 Å². The lowest BCUT2D eigenvalue weighted by Gasteiger charge is -2.33. The van der Waals surface area contributed by atoms with Crippen LogP contribution < -0.4 is 30.7 Å². The second-order valence-electron chi connectivity index (χ2n) is 11.1. The molecule has 0 saturated carbocycles. The highest BCUT2D eigenvalue weighted by Crippen LogP contribution is 2.36. The highest BCUT2D eigenvalue weighted by molar-refractivity contribution is 8.13. The van der Waals surface area contributed by atoms with E-state index in [9.17, 15) is 58.0 Å². The van der Waals surface area contributed by atoms with E-state index in [1.807, 2.05) is 10.6 Å². The van der Waals surface area contributed by atoms with Crippen LogP contribution in [0.4, 0.5) is 31.5 Å². The van der Waals surface area contributed by atoms with E-state index in [2.05, 4.69) is 15.4 Å². The Morgan fingerprint density at radius 3 is 1.68 bits per heavy atom. The van der Waals surface area contributed by atoms with E-state index in [-0.39, 0.29) is 24.9 Å². The van der Waals surface area contributed by atoms with Gasteiger partial charge in [-0.05, 0) is 51.0 Å². The molecule has 0 bridgehead atoms. The zero-order chi connectivity index (χ0) is 35.6. The number of nitrogens with one attached hydrogen (secondary N) is 4. The number of imide groups is 2. The lowest BCUT2D eigenvalue weighted by atomic mass is 10.1. The fraction of sp³-hybridized carbons (Fsp3) is 0.583. The Kier molecular flexibility index (Phi) is 10.9. The van der Waals surface area contributed by atoms with Crippen molar-refractivity contribution in [3.63, 3.8) is 0 Å². The summed E-state index contributed by atoms with van der Waals surface area (Å²) < 4.78 is 121. The average Bonchev–Trinajstić information content (AvgIpc) is 3.31. The smallest absolute Gasteiger partial charge is 0.456 e. The molecule has 3 aliphatic heterocycles. The molecule has 6 amide bonds. The highest BCUT2D eigenvalue weighted by atomic mass is 35.7. The Morgan fingerprint density at radius 1 is 0.830 bits per heavy atom. The zero-order valence-electron chi connectivity index (χ0n) is 24.5. The molecule has 0 spiro atoms. The van der Waals surface area contributed by atoms with E-state index in [1.54, 1.807) is 0 Å². The van der Waals surface area contributed by atoms with Crippen molar-refractivity contribution in [2.24, 2.45) is 0 Å². The third kappa shape index (κ3) is 10.00. The van der Waals surface area contributed by atoms with Crippen molar-refractivity contribution in [2.45, 2.75) is 56.0 Å². The molecule has 2 atom stereocenters. The second kappa shape index (κ2) is 13.5. The Labute approximate surface area is 269 Å². The molecule has 1 aromatic rings. The molecule has 4 rings (SSSR count). The maximum absolute atomic E-state index is 12.9. The first-order valence-corrected chi connectivity index (χ1v) is 17.4. The molecule has 23 heteroatoms. The minimum Gasteiger partial charge on any atom is -0.490 e. The van der Waals surface area contributed by atoms with E-state index in [0.717, 1.165) is 0 Å². The normalized spacial score (nSPS) is 24.4. The van der Waals surface area contributed by atoms with Gasteiger partial charge in [-0.25, -0.2) is 30.7 Å². The number of nitrogens with zero attached hydrogens (tertiary/aromatic N) is 1. The van der Waals surface area contributed by atoms with Gasteiger partial charge in [-0.1, -0.05) is 0 Å². The number of urea groups is 2. The van der Waals surface area contributed by atoms with Gasteiger partial charge >= 0.3 is 24.2 Å². The van der Waals surface area contributed by atoms with Crippen LogP contribution in [0.25, 0.3) is 0 Å². The molecule has 3 aliphatic rings. The Hall–Kier alpha value is -3.50. The molecule has 15 nitrogen and oxygen atoms in total. The molecule has 0 aromatic heterocycles. The molecule has 1 aromatic carbocycles. The minimum atomic E-state index is -5.71. The van der Waals surface area contributed by atoms with E-state index >= 15 is 0 Å². The van der Waals surface area contributed by atoms with Gasteiger partial charge in [0.15, 0.2) is 6.61 Å². The SMILES string of the molecule is C[C@]1(CS(=O)(=O)Cl)NC(=O)NC1=O.C[C@]1(CS(=O)(=O)N2CCC(Oc3ccc(OCC(F)(F)C(F)(F)F)cc3)CC2)NC(=O)NC1=O. The number of amides is 6. The van der Waals surface area contributed by atoms with Crippen molar-refractivity contribution in [3.8, 4) is 11.5 Å². The predicted octanol–water partition coefficient (Wildman–Crippen LogP) is 1.19. The number of benzene rings is 1. The number of halogens is 6. The molecule has 0 aliphatic carbocycles. The van der Waals surface area contributed by atoms with E-state index in [0.29, 0.717) is 18.6 Å². The minimum absolute atomic E-state index is 0.104. The second-order valence-corrected chi connectivity index (χ2v) is 15.8. The Morgan fingerprint density at radius 2 is 1.28 bits per heavy atom. The number of sulfonamides is 1. The standard InChI is InChI=1S/C19H22F5N3O6S.C5H7ClN2O4S/c1-17(15(28)25-16(29)26-17)11-34(30,31)27-8-6-14(7-9-27)33-13-4-2-12(3-5-13)32-10-18(20,21)19(22,23)24;1-5(2-13(6,11)12)3(9)7-4(10)8-5/h2-5,14H,6-11H2,1H3,(H2,25,26,28,29);2H2,1H3,(H2,7,8,9,10)/t17-;5-/m11/s1. The first-order valence-electron chi connectivity index (χ1n) is 13.4. The van der Waals surface area contributed by atoms with Crippen molar-refractivity contribution >= 4 is 53.6 Å². The van der Waals surface area contributed by atoms with Gasteiger partial charge < -0.3 is 20.1 Å². The van der Waals surface area contributed by atoms with Crippen LogP contribution in [0, 0.1) is 0 Å². The van der Waals surface area contributed by atoms with Crippen molar-refractivity contribution in [3.05, 3.63) is 24.3 Å². The lowest BCUT2D eigenvalue weighted by Crippen LogP contribution is -2.53. The van der Waals surface area contributed by atoms with Gasteiger partial charge in [0.05, 0.1) is 11.5 Å². The van der Waals surface area contributed by atoms with Gasteiger partial charge in [0, 0.05) is 23.8 Å². The van der Waals surface area contributed by atoms with Crippen LogP contribution in [0.5, 0.6) is 11.5 Å². The maximum Gasteiger partial charge on any atom is 0.456 e. The van der Waals surface area contributed by atoms with Gasteiger partial charge in [-0.15, -0.1) is 0 Å². The summed E-state index contributed by atoms with van der Waals surface area (Å²) in [7, 11) is -2.74. The first kappa shape index (κ1) is 38.0. The van der Waals surface area contributed by atoms with Gasteiger partial charge in [0.1, 0.15) is 28.7 Å². The molecule has 47 heavy (non-hydrogen) atoms. The third-order valence-electron chi connectivity index (χ3n) is 6.92. The summed E-state index contributed by atoms with van der Waals surface area (Å²) >= 11 is 0. The van der Waals surface area contributed by atoms with Crippen LogP contribution in [0.2, 0.25) is 0 Å². The molecular formula is C24H29ClF5N5O10S2. The summed E-state index contributed by atoms with van der Waals surface area (Å²) in [6.45, 7) is 0.957. The van der Waals surface area contributed by atoms with Crippen LogP contribution in [0.3, 0.4) is 0 Å². The third-order valence-corrected chi connectivity index (χ3v) is 10.3. The monoisotopic (exact) mass is 741 g/mol. The van der Waals surface area contributed by atoms with Crippen molar-refractivity contribution in [1.29, 1.82) is 0 Å². The highest BCUT2D eigenvalue weighted by Gasteiger charge is 2.58. The quantitative estimate of drug-likeness (QED) is 0.153. The molecule has 264 valence electrons. The lowest BCUT2D eigenvalue weighted by molar-refractivity contribution is -0.290. The number of hydrogen-bond donors (Lipinski definition) is 4. The summed E-state index contributed by atoms with van der Waals surface area (Å²) in [6.07, 6.45) is -5.47. The molecule has 0 unspecified atom stereocenters. The Balaban J connectivity index is 0.000000386. The van der Waals surface area contributed by atoms with E-state index in [1.165, 1.54) is 42.4 Å². The van der Waals surface area contributed by atoms with Crippen molar-refractivity contribution in [1.82, 2.24) is 25.6 Å². The van der Waals surface area contributed by atoms with Crippen molar-refractivity contribution in [2.75, 3.05) is 31.2 Å². The Bertz CT molecular complexity index is 1610. The summed E-state index contributed by atoms with van der Waals surface area (Å²) in [6, 6.07) is 3.57. The van der Waals surface area contributed by atoms with Crippen LogP contribution in [-0.4, -0.2) is 106 Å². The topological polar surface area (TPSA) is 206 Å². The van der Waals surface area contributed by atoms with E-state index in [4.69, 9.17) is 15.4 Å². The summed E-state index contributed by atoms with van der Waals surface area (Å²) in [4.78, 5) is 45.0. The number of ether oxygens (including phenoxy) is 2. The van der Waals surface area contributed by atoms with Crippen molar-refractivity contribution < 1.29 is 67.4 Å². The van der Waals surface area contributed by atoms with Gasteiger partial charge in [0.2, 0.25) is 19.1 Å². The number of carbonyl (C=O) groups is 4. The van der Waals surface area contributed by atoms with Crippen LogP contribution in [0.15, 0.2) is 24.3 Å². The predicted molar refractivity (Wildman–Crippen MR) is 152 cm³/mol. The van der Waals surface area contributed by atoms with E-state index < -0.39 is 84.2 Å². The summed E-state index contributed by atoms with van der Waals surface area (Å²) in [5.74, 6) is -7.53. The first-order chi connectivity index (χ1) is 21.3. The fourth-order valence-electron chi connectivity index (χ4n) is 4.45. The summed E-state index contributed by atoms with van der Waals surface area (Å²) in [5.41, 5.74) is -3.03. The summed E-state index contributed by atoms with van der Waals surface area (Å²) in [5, 5.41) is 8.40. The molecule has 3 saturated heterocycles.